The van der Waals surface area contributed by atoms with Gasteiger partial charge in [-0.15, -0.1) is 0 Å². The zero-order chi connectivity index (χ0) is 12.1. The first-order valence-corrected chi connectivity index (χ1v) is 7.38. The van der Waals surface area contributed by atoms with Crippen molar-refractivity contribution in [3.8, 4) is 0 Å². The molecule has 0 heterocycles. The van der Waals surface area contributed by atoms with Gasteiger partial charge in [-0.25, -0.2) is 0 Å². The van der Waals surface area contributed by atoms with Crippen LogP contribution in [0, 0.1) is 11.3 Å². The van der Waals surface area contributed by atoms with Gasteiger partial charge in [0.15, 0.2) is 0 Å². The van der Waals surface area contributed by atoms with Crippen LogP contribution in [0.5, 0.6) is 0 Å². The van der Waals surface area contributed by atoms with E-state index in [1.165, 1.54) is 44.9 Å². The predicted octanol–water partition coefficient (Wildman–Crippen LogP) is 5.43. The molecule has 0 aromatic carbocycles. The summed E-state index contributed by atoms with van der Waals surface area (Å²) in [6.07, 6.45) is 21.2. The Labute approximate surface area is 106 Å². The molecule has 94 valence electrons. The van der Waals surface area contributed by atoms with Crippen LogP contribution in [-0.4, -0.2) is 0 Å². The van der Waals surface area contributed by atoms with E-state index in [-0.39, 0.29) is 0 Å². The van der Waals surface area contributed by atoms with Gasteiger partial charge in [-0.3, -0.25) is 0 Å². The highest BCUT2D eigenvalue weighted by Gasteiger charge is 2.36. The van der Waals surface area contributed by atoms with Crippen LogP contribution >= 0.6 is 0 Å². The third kappa shape index (κ3) is 2.41. The standard InChI is InChI=1S/C17H26/c1-3-17(4-2,16-13-9-10-14-16)15-11-7-5-6-8-12-15/h9-11,13-14,16H,3-8,12H2,1-2H3. The highest BCUT2D eigenvalue weighted by atomic mass is 14.4. The van der Waals surface area contributed by atoms with Gasteiger partial charge < -0.3 is 0 Å². The summed E-state index contributed by atoms with van der Waals surface area (Å²) in [5, 5.41) is 0. The van der Waals surface area contributed by atoms with E-state index in [9.17, 15) is 0 Å². The highest BCUT2D eigenvalue weighted by Crippen LogP contribution is 2.47. The Morgan fingerprint density at radius 3 is 2.41 bits per heavy atom. The van der Waals surface area contributed by atoms with Gasteiger partial charge in [0.1, 0.15) is 0 Å². The van der Waals surface area contributed by atoms with Gasteiger partial charge in [0.2, 0.25) is 0 Å². The third-order valence-electron chi connectivity index (χ3n) is 4.83. The molecule has 2 aliphatic rings. The molecule has 0 unspecified atom stereocenters. The molecule has 0 spiro atoms. The molecule has 0 aromatic rings. The summed E-state index contributed by atoms with van der Waals surface area (Å²) in [6, 6.07) is 0. The zero-order valence-corrected chi connectivity index (χ0v) is 11.4. The maximum Gasteiger partial charge on any atom is 0.00463 e. The Morgan fingerprint density at radius 2 is 1.76 bits per heavy atom. The van der Waals surface area contributed by atoms with Crippen LogP contribution in [0.15, 0.2) is 36.0 Å². The van der Waals surface area contributed by atoms with Crippen molar-refractivity contribution in [3.63, 3.8) is 0 Å². The summed E-state index contributed by atoms with van der Waals surface area (Å²) in [5.74, 6) is 0.641. The van der Waals surface area contributed by atoms with Gasteiger partial charge in [0.25, 0.3) is 0 Å². The lowest BCUT2D eigenvalue weighted by molar-refractivity contribution is 0.264. The molecule has 2 aliphatic carbocycles. The average molecular weight is 230 g/mol. The average Bonchev–Trinajstić information content (AvgIpc) is 2.76. The molecule has 0 atom stereocenters. The van der Waals surface area contributed by atoms with Gasteiger partial charge in [-0.1, -0.05) is 56.2 Å². The highest BCUT2D eigenvalue weighted by molar-refractivity contribution is 5.29. The quantitative estimate of drug-likeness (QED) is 0.565. The molecule has 0 N–H and O–H groups in total. The van der Waals surface area contributed by atoms with Crippen molar-refractivity contribution >= 4 is 0 Å². The topological polar surface area (TPSA) is 0 Å². The molecule has 0 heteroatoms. The van der Waals surface area contributed by atoms with Crippen molar-refractivity contribution in [1.82, 2.24) is 0 Å². The van der Waals surface area contributed by atoms with Crippen molar-refractivity contribution in [3.05, 3.63) is 36.0 Å². The molecule has 0 fully saturated rings. The second-order valence-corrected chi connectivity index (χ2v) is 5.49. The minimum absolute atomic E-state index is 0.411. The van der Waals surface area contributed by atoms with Crippen LogP contribution in [0.25, 0.3) is 0 Å². The van der Waals surface area contributed by atoms with Gasteiger partial charge in [-0.2, -0.15) is 0 Å². The summed E-state index contributed by atoms with van der Waals surface area (Å²) < 4.78 is 0. The first-order valence-electron chi connectivity index (χ1n) is 7.38. The van der Waals surface area contributed by atoms with Crippen LogP contribution in [0.1, 0.15) is 58.8 Å². The second-order valence-electron chi connectivity index (χ2n) is 5.49. The molecule has 2 rings (SSSR count). The minimum atomic E-state index is 0.411. The molecule has 0 saturated carbocycles. The fourth-order valence-corrected chi connectivity index (χ4v) is 3.66. The van der Waals surface area contributed by atoms with Gasteiger partial charge in [0, 0.05) is 11.3 Å². The second kappa shape index (κ2) is 5.71. The normalized spacial score (nSPS) is 21.6. The van der Waals surface area contributed by atoms with Crippen molar-refractivity contribution < 1.29 is 0 Å². The Balaban J connectivity index is 2.28. The van der Waals surface area contributed by atoms with Crippen LogP contribution in [0.4, 0.5) is 0 Å². The van der Waals surface area contributed by atoms with E-state index >= 15 is 0 Å². The lowest BCUT2D eigenvalue weighted by Gasteiger charge is -2.39. The molecule has 0 saturated heterocycles. The molecule has 0 amide bonds. The van der Waals surface area contributed by atoms with Gasteiger partial charge in [0.05, 0.1) is 0 Å². The van der Waals surface area contributed by atoms with E-state index in [0.29, 0.717) is 11.3 Å². The number of hydrogen-bond acceptors (Lipinski definition) is 0. The van der Waals surface area contributed by atoms with Gasteiger partial charge >= 0.3 is 0 Å². The van der Waals surface area contributed by atoms with E-state index in [1.54, 1.807) is 5.57 Å². The van der Waals surface area contributed by atoms with Crippen molar-refractivity contribution in [2.45, 2.75) is 58.8 Å². The summed E-state index contributed by atoms with van der Waals surface area (Å²) >= 11 is 0. The molecular weight excluding hydrogens is 204 g/mol. The fraction of sp³-hybridized carbons (Fsp3) is 0.647. The Bertz CT molecular complexity index is 314. The summed E-state index contributed by atoms with van der Waals surface area (Å²) in [7, 11) is 0. The van der Waals surface area contributed by atoms with Gasteiger partial charge in [-0.05, 0) is 38.5 Å². The third-order valence-corrected chi connectivity index (χ3v) is 4.83. The van der Waals surface area contributed by atoms with E-state index in [0.717, 1.165) is 0 Å². The molecule has 17 heavy (non-hydrogen) atoms. The Kier molecular flexibility index (Phi) is 4.25. The maximum atomic E-state index is 2.57. The summed E-state index contributed by atoms with van der Waals surface area (Å²) in [6.45, 7) is 4.74. The van der Waals surface area contributed by atoms with Crippen LogP contribution < -0.4 is 0 Å². The largest absolute Gasteiger partial charge is 0.0847 e. The first kappa shape index (κ1) is 12.7. The fourth-order valence-electron chi connectivity index (χ4n) is 3.66. The summed E-state index contributed by atoms with van der Waals surface area (Å²) in [4.78, 5) is 0. The van der Waals surface area contributed by atoms with Crippen LogP contribution in [0.3, 0.4) is 0 Å². The number of allylic oxidation sites excluding steroid dienone is 6. The smallest absolute Gasteiger partial charge is 0.00463 e. The number of hydrogen-bond donors (Lipinski definition) is 0. The first-order chi connectivity index (χ1) is 8.33. The molecule has 0 nitrogen and oxygen atoms in total. The summed E-state index contributed by atoms with van der Waals surface area (Å²) in [5.41, 5.74) is 2.16. The molecular formula is C17H26. The van der Waals surface area contributed by atoms with Crippen LogP contribution in [0.2, 0.25) is 0 Å². The van der Waals surface area contributed by atoms with E-state index < -0.39 is 0 Å². The van der Waals surface area contributed by atoms with E-state index in [4.69, 9.17) is 0 Å². The van der Waals surface area contributed by atoms with Crippen molar-refractivity contribution in [2.24, 2.45) is 11.3 Å². The van der Waals surface area contributed by atoms with Crippen molar-refractivity contribution in [1.29, 1.82) is 0 Å². The Morgan fingerprint density at radius 1 is 1.06 bits per heavy atom. The molecule has 0 radical (unpaired) electrons. The molecule has 0 bridgehead atoms. The SMILES string of the molecule is CCC(CC)(C1=CCCCCC1)C1C=CC=C1. The monoisotopic (exact) mass is 230 g/mol. The molecule has 0 aromatic heterocycles. The maximum absolute atomic E-state index is 2.57. The zero-order valence-electron chi connectivity index (χ0n) is 11.4. The van der Waals surface area contributed by atoms with Crippen molar-refractivity contribution in [2.75, 3.05) is 0 Å². The lowest BCUT2D eigenvalue weighted by Crippen LogP contribution is -2.29. The van der Waals surface area contributed by atoms with E-state index in [1.807, 2.05) is 0 Å². The lowest BCUT2D eigenvalue weighted by atomic mass is 9.65. The predicted molar refractivity (Wildman–Crippen MR) is 76.0 cm³/mol. The van der Waals surface area contributed by atoms with E-state index in [2.05, 4.69) is 44.2 Å². The number of rotatable bonds is 4. The van der Waals surface area contributed by atoms with Crippen LogP contribution in [-0.2, 0) is 0 Å². The Hall–Kier alpha value is -0.780. The molecule has 0 aliphatic heterocycles. The minimum Gasteiger partial charge on any atom is -0.0847 e.